The molecular formula is C21H27ClN2O3. The Kier molecular flexibility index (Phi) is 5.55. The zero-order chi connectivity index (χ0) is 19.0. The number of rotatable bonds is 3. The summed E-state index contributed by atoms with van der Waals surface area (Å²) in [6.45, 7) is 4.86. The van der Waals surface area contributed by atoms with Gasteiger partial charge in [0, 0.05) is 43.7 Å². The fraction of sp³-hybridized carbons (Fsp3) is 0.571. The summed E-state index contributed by atoms with van der Waals surface area (Å²) in [5.74, 6) is -0.0792. The highest BCUT2D eigenvalue weighted by atomic mass is 35.5. The molecule has 2 aliphatic heterocycles. The summed E-state index contributed by atoms with van der Waals surface area (Å²) in [5.41, 5.74) is 1.45. The number of halogens is 1. The summed E-state index contributed by atoms with van der Waals surface area (Å²) >= 11 is 5.96. The maximum absolute atomic E-state index is 13.1. The van der Waals surface area contributed by atoms with E-state index in [1.807, 2.05) is 12.1 Å². The quantitative estimate of drug-likeness (QED) is 0.858. The maximum atomic E-state index is 13.1. The largest absolute Gasteiger partial charge is 0.496 e. The third-order valence-corrected chi connectivity index (χ3v) is 6.50. The molecule has 1 saturated carbocycles. The minimum Gasteiger partial charge on any atom is -0.496 e. The van der Waals surface area contributed by atoms with Crippen LogP contribution >= 0.6 is 11.6 Å². The predicted molar refractivity (Wildman–Crippen MR) is 105 cm³/mol. The lowest BCUT2D eigenvalue weighted by atomic mass is 9.72. The molecule has 0 radical (unpaired) electrons. The van der Waals surface area contributed by atoms with E-state index in [1.54, 1.807) is 18.4 Å². The van der Waals surface area contributed by atoms with Gasteiger partial charge in [0.25, 0.3) is 0 Å². The van der Waals surface area contributed by atoms with Crippen molar-refractivity contribution in [3.63, 3.8) is 0 Å². The van der Waals surface area contributed by atoms with E-state index in [2.05, 4.69) is 16.8 Å². The number of ketones is 1. The van der Waals surface area contributed by atoms with Crippen molar-refractivity contribution in [2.24, 2.45) is 11.8 Å². The first kappa shape index (κ1) is 18.9. The number of hydrogen-bond donors (Lipinski definition) is 1. The van der Waals surface area contributed by atoms with Crippen LogP contribution in [0.1, 0.15) is 18.4 Å². The van der Waals surface area contributed by atoms with E-state index in [0.29, 0.717) is 23.4 Å². The molecule has 1 aliphatic carbocycles. The van der Waals surface area contributed by atoms with Crippen LogP contribution in [-0.4, -0.2) is 72.7 Å². The van der Waals surface area contributed by atoms with E-state index >= 15 is 0 Å². The Morgan fingerprint density at radius 2 is 1.85 bits per heavy atom. The Balaban J connectivity index is 1.51. The average Bonchev–Trinajstić information content (AvgIpc) is 2.67. The Labute approximate surface area is 165 Å². The number of hydrogen-bond acceptors (Lipinski definition) is 5. The van der Waals surface area contributed by atoms with Gasteiger partial charge in [0.2, 0.25) is 0 Å². The van der Waals surface area contributed by atoms with E-state index in [0.717, 1.165) is 38.3 Å². The lowest BCUT2D eigenvalue weighted by molar-refractivity contribution is -0.133. The number of carbonyl (C=O) groups is 1. The molecule has 0 bridgehead atoms. The molecule has 5 nitrogen and oxygen atoms in total. The van der Waals surface area contributed by atoms with Gasteiger partial charge in [-0.2, -0.15) is 0 Å². The van der Waals surface area contributed by atoms with Gasteiger partial charge in [0.05, 0.1) is 23.9 Å². The van der Waals surface area contributed by atoms with Crippen LogP contribution in [0.5, 0.6) is 0 Å². The Morgan fingerprint density at radius 1 is 1.15 bits per heavy atom. The summed E-state index contributed by atoms with van der Waals surface area (Å²) < 4.78 is 6.08. The molecule has 1 aromatic rings. The van der Waals surface area contributed by atoms with Gasteiger partial charge in [-0.1, -0.05) is 23.7 Å². The Hall–Kier alpha value is -1.40. The lowest BCUT2D eigenvalue weighted by Crippen LogP contribution is -2.54. The van der Waals surface area contributed by atoms with E-state index in [1.165, 1.54) is 0 Å². The number of piperazine rings is 1. The second kappa shape index (κ2) is 7.92. The molecular weight excluding hydrogens is 364 g/mol. The highest BCUT2D eigenvalue weighted by molar-refractivity contribution is 6.30. The molecule has 3 aliphatic rings. The molecule has 6 heteroatoms. The Bertz CT molecular complexity index is 713. The average molecular weight is 391 g/mol. The summed E-state index contributed by atoms with van der Waals surface area (Å²) in [6.07, 6.45) is 2.28. The van der Waals surface area contributed by atoms with E-state index in [9.17, 15) is 9.90 Å². The molecule has 146 valence electrons. The number of aliphatic hydroxyl groups is 1. The number of Topliss-reactive ketones (excluding diaryl/α,β-unsaturated/α-hetero) is 1. The molecule has 2 fully saturated rings. The van der Waals surface area contributed by atoms with Crippen LogP contribution in [0.4, 0.5) is 0 Å². The number of allylic oxidation sites excluding steroid dienone is 1. The Morgan fingerprint density at radius 3 is 2.56 bits per heavy atom. The van der Waals surface area contributed by atoms with Gasteiger partial charge in [-0.15, -0.1) is 0 Å². The molecule has 0 amide bonds. The molecule has 0 aromatic heterocycles. The first-order valence-corrected chi connectivity index (χ1v) is 10.2. The minimum absolute atomic E-state index is 0.0286. The molecule has 4 rings (SSSR count). The van der Waals surface area contributed by atoms with Gasteiger partial charge in [-0.05, 0) is 37.6 Å². The molecule has 0 spiro atoms. The molecule has 27 heavy (non-hydrogen) atoms. The number of benzene rings is 1. The smallest absolute Gasteiger partial charge is 0.173 e. The summed E-state index contributed by atoms with van der Waals surface area (Å²) in [6, 6.07) is 7.29. The van der Waals surface area contributed by atoms with Crippen molar-refractivity contribution in [1.82, 2.24) is 9.80 Å². The SMILES string of the molecule is CN1CCN(CC2C(O)CCC3C(=O)C(c4ccc(Cl)cc4)=COC32)CC1. The highest BCUT2D eigenvalue weighted by Crippen LogP contribution is 2.39. The van der Waals surface area contributed by atoms with Crippen LogP contribution < -0.4 is 0 Å². The highest BCUT2D eigenvalue weighted by Gasteiger charge is 2.46. The third-order valence-electron chi connectivity index (χ3n) is 6.25. The van der Waals surface area contributed by atoms with Crippen LogP contribution in [0.25, 0.3) is 5.57 Å². The van der Waals surface area contributed by atoms with Crippen LogP contribution in [0, 0.1) is 11.8 Å². The number of ether oxygens (including phenoxy) is 1. The second-order valence-electron chi connectivity index (χ2n) is 8.02. The zero-order valence-electron chi connectivity index (χ0n) is 15.7. The molecule has 4 atom stereocenters. The summed E-state index contributed by atoms with van der Waals surface area (Å²) in [4.78, 5) is 17.9. The number of fused-ring (bicyclic) bond motifs is 1. The van der Waals surface area contributed by atoms with Crippen molar-refractivity contribution in [3.8, 4) is 0 Å². The first-order valence-electron chi connectivity index (χ1n) is 9.77. The van der Waals surface area contributed by atoms with Gasteiger partial charge >= 0.3 is 0 Å². The van der Waals surface area contributed by atoms with Crippen LogP contribution in [0.3, 0.4) is 0 Å². The fourth-order valence-electron chi connectivity index (χ4n) is 4.52. The van der Waals surface area contributed by atoms with Crippen molar-refractivity contribution in [2.45, 2.75) is 25.0 Å². The standard InChI is InChI=1S/C21H27ClN2O3/c1-23-8-10-24(11-9-23)12-17-19(25)7-6-16-20(26)18(13-27-21(16)17)14-2-4-15(22)5-3-14/h2-5,13,16-17,19,21,25H,6-12H2,1H3. The van der Waals surface area contributed by atoms with E-state index < -0.39 is 6.10 Å². The molecule has 1 saturated heterocycles. The third kappa shape index (κ3) is 3.92. The number of likely N-dealkylation sites (N-methyl/N-ethyl adjacent to an activating group) is 1. The topological polar surface area (TPSA) is 53.0 Å². The van der Waals surface area contributed by atoms with E-state index in [4.69, 9.17) is 16.3 Å². The zero-order valence-corrected chi connectivity index (χ0v) is 16.4. The number of aliphatic hydroxyl groups excluding tert-OH is 1. The molecule has 4 unspecified atom stereocenters. The van der Waals surface area contributed by atoms with Crippen molar-refractivity contribution in [1.29, 1.82) is 0 Å². The molecule has 2 heterocycles. The molecule has 1 N–H and O–H groups in total. The van der Waals surface area contributed by atoms with Crippen LogP contribution in [-0.2, 0) is 9.53 Å². The van der Waals surface area contributed by atoms with Crippen molar-refractivity contribution in [3.05, 3.63) is 41.1 Å². The van der Waals surface area contributed by atoms with Gasteiger partial charge in [0.15, 0.2) is 5.78 Å². The van der Waals surface area contributed by atoms with Gasteiger partial charge in [0.1, 0.15) is 6.10 Å². The van der Waals surface area contributed by atoms with Crippen molar-refractivity contribution < 1.29 is 14.6 Å². The van der Waals surface area contributed by atoms with Gasteiger partial charge < -0.3 is 19.6 Å². The van der Waals surface area contributed by atoms with Gasteiger partial charge in [-0.25, -0.2) is 0 Å². The fourth-order valence-corrected chi connectivity index (χ4v) is 4.65. The van der Waals surface area contributed by atoms with Crippen molar-refractivity contribution >= 4 is 23.0 Å². The van der Waals surface area contributed by atoms with Gasteiger partial charge in [-0.3, -0.25) is 4.79 Å². The molecule has 1 aromatic carbocycles. The normalized spacial score (nSPS) is 32.6. The van der Waals surface area contributed by atoms with E-state index in [-0.39, 0.29) is 23.7 Å². The first-order chi connectivity index (χ1) is 13.0. The monoisotopic (exact) mass is 390 g/mol. The van der Waals surface area contributed by atoms with Crippen molar-refractivity contribution in [2.75, 3.05) is 39.8 Å². The second-order valence-corrected chi connectivity index (χ2v) is 8.46. The minimum atomic E-state index is -0.413. The maximum Gasteiger partial charge on any atom is 0.173 e. The van der Waals surface area contributed by atoms with Crippen LogP contribution in [0.2, 0.25) is 5.02 Å². The number of nitrogens with zero attached hydrogens (tertiary/aromatic N) is 2. The van der Waals surface area contributed by atoms with Crippen LogP contribution in [0.15, 0.2) is 30.5 Å². The lowest BCUT2D eigenvalue weighted by Gasteiger charge is -2.44. The summed E-state index contributed by atoms with van der Waals surface area (Å²) in [5, 5.41) is 11.3. The predicted octanol–water partition coefficient (Wildman–Crippen LogP) is 2.28. The number of carbonyl (C=O) groups excluding carboxylic acids is 1. The summed E-state index contributed by atoms with van der Waals surface area (Å²) in [7, 11) is 2.13.